The number of H-pyrrole nitrogens is 2. The first kappa shape index (κ1) is 60.5. The van der Waals surface area contributed by atoms with Gasteiger partial charge < -0.3 is 45.8 Å². The van der Waals surface area contributed by atoms with E-state index in [1.54, 1.807) is 79.8 Å². The summed E-state index contributed by atoms with van der Waals surface area (Å²) in [7, 11) is 2.04. The number of nitrogens with one attached hydrogen (secondary N) is 5. The Morgan fingerprint density at radius 2 is 1.30 bits per heavy atom. The van der Waals surface area contributed by atoms with Crippen LogP contribution in [0.3, 0.4) is 0 Å². The molecule has 4 saturated heterocycles. The molecule has 3 aromatic carbocycles. The van der Waals surface area contributed by atoms with E-state index in [2.05, 4.69) is 164 Å². The largest absolute Gasteiger partial charge is 0.507 e. The minimum Gasteiger partial charge on any atom is -0.507 e. The molecule has 0 saturated carbocycles. The van der Waals surface area contributed by atoms with Crippen molar-refractivity contribution in [3.05, 3.63) is 110 Å². The monoisotopic (exact) mass is 1200 g/mol. The van der Waals surface area contributed by atoms with Crippen LogP contribution in [0.15, 0.2) is 104 Å². The van der Waals surface area contributed by atoms with Crippen molar-refractivity contribution in [2.24, 2.45) is 0 Å². The highest BCUT2D eigenvalue weighted by Crippen LogP contribution is 2.44. The Labute approximate surface area is 509 Å². The first-order valence-electron chi connectivity index (χ1n) is 29.5. The van der Waals surface area contributed by atoms with Gasteiger partial charge in [-0.2, -0.15) is 25.2 Å². The number of halogens is 1. The molecule has 0 spiro atoms. The second kappa shape index (κ2) is 24.2. The van der Waals surface area contributed by atoms with E-state index in [0.29, 0.717) is 69.5 Å². The smallest absolute Gasteiger partial charge is 0.252 e. The van der Waals surface area contributed by atoms with Gasteiger partial charge in [0.05, 0.1) is 54.6 Å². The SMILES string of the molecule is CC(C)(C)NC1CCN(c2ncc(-c3ccc(-c4cn[nH]c4)c(F)c3O)nn2)C1.CC1(C)CC(Oc2cnc(-c3ccc(-c4cn[nH]c4)cc3O)nn2)CC(C)(C)N1.CN(c1ncc(-c2ccc(-n3nccn3)cc2O)nn1)C1C[C@]2(C)CC[C@](C)(C1)N2. The molecule has 4 fully saturated rings. The molecule has 4 atom stereocenters. The molecule has 2 unspecified atom stereocenters. The Kier molecular flexibility index (Phi) is 16.7. The quantitative estimate of drug-likeness (QED) is 0.0569. The lowest BCUT2D eigenvalue weighted by Gasteiger charge is -2.45. The molecule has 4 aliphatic rings. The van der Waals surface area contributed by atoms with Crippen LogP contribution >= 0.6 is 0 Å². The van der Waals surface area contributed by atoms with E-state index >= 15 is 0 Å². The Balaban J connectivity index is 0.000000136. The van der Waals surface area contributed by atoms with Crippen molar-refractivity contribution in [1.82, 2.24) is 96.9 Å². The number of fused-ring (bicyclic) bond motifs is 2. The molecule has 9 aromatic rings. The van der Waals surface area contributed by atoms with Crippen molar-refractivity contribution in [3.63, 3.8) is 0 Å². The highest BCUT2D eigenvalue weighted by molar-refractivity contribution is 5.75. The summed E-state index contributed by atoms with van der Waals surface area (Å²) in [5.74, 6) is 0.824. The standard InChI is InChI=1S/C21H26N8O.C21H26N6O2.C20H24FN7O/c1-20-6-7-21(2,27-20)12-15(11-20)28(3)19-22-13-17(25-26-19)16-5-4-14(10-18(16)30)29-23-8-9-24-29;1-20(2)8-15(9-21(3,4)27-20)29-18-12-22-19(26-25-18)16-6-5-13(7-17(16)28)14-10-23-24-11-14;1-20(2,3)25-13-6-7-28(11-13)19-22-10-16(26-27-19)15-5-4-14(17(21)18(15)29)12-8-23-24-9-12/h4-5,8-10,13,15,27,30H,6-7,11-12H2,1-3H3;5-7,10-12,15,27-28H,8-9H2,1-4H3,(H,23,24);4-5,8-10,13,25,29H,6-7,11H2,1-3H3,(H,23,24)/t15?,20-,21+;;. The van der Waals surface area contributed by atoms with Crippen LogP contribution in [0.25, 0.3) is 61.8 Å². The maximum atomic E-state index is 14.6. The van der Waals surface area contributed by atoms with Gasteiger partial charge in [0.15, 0.2) is 17.4 Å². The maximum absolute atomic E-state index is 14.6. The lowest BCUT2D eigenvalue weighted by Crippen LogP contribution is -2.60. The number of hydrogen-bond acceptors (Lipinski definition) is 22. The maximum Gasteiger partial charge on any atom is 0.252 e. The molecule has 88 heavy (non-hydrogen) atoms. The van der Waals surface area contributed by atoms with Crippen molar-refractivity contribution in [2.45, 2.75) is 153 Å². The summed E-state index contributed by atoms with van der Waals surface area (Å²) in [6.45, 7) is 21.4. The van der Waals surface area contributed by atoms with Crippen molar-refractivity contribution in [3.8, 4) is 85.0 Å². The number of aromatic amines is 2. The molecule has 10 heterocycles. The highest BCUT2D eigenvalue weighted by atomic mass is 19.1. The van der Waals surface area contributed by atoms with Gasteiger partial charge >= 0.3 is 0 Å². The fourth-order valence-corrected chi connectivity index (χ4v) is 12.9. The van der Waals surface area contributed by atoms with Gasteiger partial charge in [-0.3, -0.25) is 10.2 Å². The van der Waals surface area contributed by atoms with Crippen LogP contribution < -0.4 is 30.5 Å². The molecular weight excluding hydrogens is 1120 g/mol. The first-order chi connectivity index (χ1) is 41.9. The Bertz CT molecular complexity index is 3780. The number of phenols is 3. The fraction of sp³-hybridized carbons (Fsp3) is 0.435. The normalized spacial score (nSPS) is 21.2. The van der Waals surface area contributed by atoms with Crippen LogP contribution in [0.4, 0.5) is 16.3 Å². The van der Waals surface area contributed by atoms with Crippen LogP contribution in [0.2, 0.25) is 0 Å². The number of ether oxygens (including phenoxy) is 1. The van der Waals surface area contributed by atoms with E-state index in [9.17, 15) is 19.7 Å². The summed E-state index contributed by atoms with van der Waals surface area (Å²) in [6, 6.07) is 14.4. The van der Waals surface area contributed by atoms with Gasteiger partial charge in [0, 0.05) is 119 Å². The van der Waals surface area contributed by atoms with E-state index in [1.807, 2.05) is 19.2 Å². The number of nitrogens with zero attached hydrogens (tertiary/aromatic N) is 16. The lowest BCUT2D eigenvalue weighted by molar-refractivity contribution is 0.0520. The first-order valence-corrected chi connectivity index (χ1v) is 29.5. The molecule has 8 N–H and O–H groups in total. The molecule has 13 rings (SSSR count). The van der Waals surface area contributed by atoms with E-state index in [-0.39, 0.29) is 56.4 Å². The summed E-state index contributed by atoms with van der Waals surface area (Å²) >= 11 is 0. The zero-order chi connectivity index (χ0) is 62.2. The summed E-state index contributed by atoms with van der Waals surface area (Å²) in [6.07, 6.45) is 21.7. The van der Waals surface area contributed by atoms with Crippen LogP contribution in [0.1, 0.15) is 107 Å². The number of anilines is 2. The molecular formula is C62H76FN21O4. The highest BCUT2D eigenvalue weighted by Gasteiger charge is 2.50. The van der Waals surface area contributed by atoms with E-state index in [1.165, 1.54) is 30.0 Å². The van der Waals surface area contributed by atoms with Gasteiger partial charge in [-0.05, 0) is 130 Å². The van der Waals surface area contributed by atoms with Crippen LogP contribution in [0, 0.1) is 5.82 Å². The van der Waals surface area contributed by atoms with Crippen LogP contribution in [-0.4, -0.2) is 162 Å². The van der Waals surface area contributed by atoms with Crippen molar-refractivity contribution >= 4 is 11.9 Å². The van der Waals surface area contributed by atoms with Gasteiger partial charge in [0.2, 0.25) is 11.9 Å². The van der Waals surface area contributed by atoms with Gasteiger partial charge in [-0.25, -0.2) is 19.3 Å². The second-order valence-corrected chi connectivity index (χ2v) is 26.2. The third-order valence-corrected chi connectivity index (χ3v) is 16.4. The summed E-state index contributed by atoms with van der Waals surface area (Å²) in [5, 5.41) is 88.9. The molecule has 460 valence electrons. The molecule has 0 radical (unpaired) electrons. The number of hydrogen-bond donors (Lipinski definition) is 8. The van der Waals surface area contributed by atoms with Gasteiger partial charge in [-0.1, -0.05) is 12.1 Å². The fourth-order valence-electron chi connectivity index (χ4n) is 12.9. The number of aromatic nitrogens is 16. The molecule has 4 aliphatic heterocycles. The molecule has 2 bridgehead atoms. The summed E-state index contributed by atoms with van der Waals surface area (Å²) < 4.78 is 20.7. The zero-order valence-electron chi connectivity index (χ0n) is 51.2. The van der Waals surface area contributed by atoms with Crippen molar-refractivity contribution in [1.29, 1.82) is 0 Å². The minimum absolute atomic E-state index is 0.0181. The van der Waals surface area contributed by atoms with Gasteiger partial charge in [0.1, 0.15) is 29.0 Å². The third kappa shape index (κ3) is 14.0. The van der Waals surface area contributed by atoms with E-state index in [4.69, 9.17) is 4.74 Å². The molecule has 0 aliphatic carbocycles. The van der Waals surface area contributed by atoms with Crippen molar-refractivity contribution in [2.75, 3.05) is 29.9 Å². The molecule has 26 heteroatoms. The average Bonchev–Trinajstić information content (AvgIpc) is 4.38. The number of phenolic OH excluding ortho intramolecular Hbond substituents is 3. The summed E-state index contributed by atoms with van der Waals surface area (Å²) in [4.78, 5) is 18.9. The predicted octanol–water partition coefficient (Wildman–Crippen LogP) is 8.39. The van der Waals surface area contributed by atoms with E-state index < -0.39 is 11.6 Å². The number of rotatable bonds is 12. The Hall–Kier alpha value is -9.14. The Morgan fingerprint density at radius 1 is 0.659 bits per heavy atom. The van der Waals surface area contributed by atoms with Crippen LogP contribution in [0.5, 0.6) is 23.1 Å². The number of aromatic hydroxyl groups is 3. The van der Waals surface area contributed by atoms with E-state index in [0.717, 1.165) is 56.3 Å². The molecule has 0 amide bonds. The van der Waals surface area contributed by atoms with Crippen LogP contribution in [-0.2, 0) is 0 Å². The number of benzene rings is 3. The summed E-state index contributed by atoms with van der Waals surface area (Å²) in [5.41, 5.74) is 5.75. The Morgan fingerprint density at radius 3 is 1.90 bits per heavy atom. The topological polar surface area (TPSA) is 317 Å². The van der Waals surface area contributed by atoms with Gasteiger partial charge in [-0.15, -0.1) is 30.6 Å². The average molecular weight is 1200 g/mol. The lowest BCUT2D eigenvalue weighted by atomic mass is 9.81. The molecule has 6 aromatic heterocycles. The zero-order valence-corrected chi connectivity index (χ0v) is 51.2. The van der Waals surface area contributed by atoms with Crippen molar-refractivity contribution < 1.29 is 24.4 Å². The van der Waals surface area contributed by atoms with Gasteiger partial charge in [0.25, 0.3) is 5.88 Å². The number of piperidine rings is 2. The predicted molar refractivity (Wildman–Crippen MR) is 330 cm³/mol. The molecule has 25 nitrogen and oxygen atoms in total. The minimum atomic E-state index is -0.731. The second-order valence-electron chi connectivity index (χ2n) is 26.2. The third-order valence-electron chi connectivity index (χ3n) is 16.4.